The van der Waals surface area contributed by atoms with Gasteiger partial charge in [-0.05, 0) is 56.7 Å². The Morgan fingerprint density at radius 2 is 1.85 bits per heavy atom. The van der Waals surface area contributed by atoms with Crippen LogP contribution in [0.5, 0.6) is 0 Å². The Bertz CT molecular complexity index is 693. The molecule has 0 heterocycles. The highest BCUT2D eigenvalue weighted by Gasteiger charge is 2.29. The number of esters is 1. The van der Waals surface area contributed by atoms with Gasteiger partial charge in [-0.3, -0.25) is 9.59 Å². The van der Waals surface area contributed by atoms with Gasteiger partial charge in [-0.1, -0.05) is 25.3 Å². The van der Waals surface area contributed by atoms with Gasteiger partial charge in [0.1, 0.15) is 0 Å². The Labute approximate surface area is 160 Å². The first-order chi connectivity index (χ1) is 13.0. The lowest BCUT2D eigenvalue weighted by Gasteiger charge is -2.22. The molecule has 0 aromatic heterocycles. The van der Waals surface area contributed by atoms with Gasteiger partial charge in [-0.2, -0.15) is 0 Å². The number of nitrogens with one attached hydrogen (secondary N) is 2. The zero-order chi connectivity index (χ0) is 19.2. The molecule has 6 heteroatoms. The summed E-state index contributed by atoms with van der Waals surface area (Å²) in [5, 5.41) is 5.70. The van der Waals surface area contributed by atoms with Crippen LogP contribution in [-0.2, 0) is 14.3 Å². The van der Waals surface area contributed by atoms with Crippen molar-refractivity contribution < 1.29 is 19.1 Å². The van der Waals surface area contributed by atoms with Crippen molar-refractivity contribution in [2.75, 3.05) is 11.9 Å². The van der Waals surface area contributed by atoms with Crippen LogP contribution in [0.2, 0.25) is 0 Å². The number of carbonyl (C=O) groups is 3. The second-order valence-corrected chi connectivity index (χ2v) is 7.64. The van der Waals surface area contributed by atoms with Crippen molar-refractivity contribution >= 4 is 23.5 Å². The van der Waals surface area contributed by atoms with E-state index in [1.807, 2.05) is 0 Å². The number of hydrogen-bond acceptors (Lipinski definition) is 4. The van der Waals surface area contributed by atoms with Crippen LogP contribution in [0.3, 0.4) is 0 Å². The van der Waals surface area contributed by atoms with Crippen LogP contribution in [0, 0.1) is 11.8 Å². The number of carbonyl (C=O) groups excluding carboxylic acids is 3. The molecule has 2 fully saturated rings. The third-order valence-electron chi connectivity index (χ3n) is 5.26. The summed E-state index contributed by atoms with van der Waals surface area (Å²) in [7, 11) is 0. The molecular weight excluding hydrogens is 344 g/mol. The van der Waals surface area contributed by atoms with Gasteiger partial charge in [0.15, 0.2) is 6.10 Å². The number of hydrogen-bond donors (Lipinski definition) is 2. The Morgan fingerprint density at radius 3 is 2.56 bits per heavy atom. The van der Waals surface area contributed by atoms with Gasteiger partial charge in [0.2, 0.25) is 5.91 Å². The molecule has 2 N–H and O–H groups in total. The first-order valence-electron chi connectivity index (χ1n) is 9.92. The highest BCUT2D eigenvalue weighted by atomic mass is 16.5. The molecule has 0 saturated heterocycles. The van der Waals surface area contributed by atoms with Gasteiger partial charge in [0.25, 0.3) is 5.91 Å². The number of amides is 2. The van der Waals surface area contributed by atoms with Gasteiger partial charge < -0.3 is 15.4 Å². The quantitative estimate of drug-likeness (QED) is 0.720. The van der Waals surface area contributed by atoms with Gasteiger partial charge >= 0.3 is 5.97 Å². The lowest BCUT2D eigenvalue weighted by atomic mass is 9.89. The van der Waals surface area contributed by atoms with Gasteiger partial charge in [-0.25, -0.2) is 4.79 Å². The summed E-state index contributed by atoms with van der Waals surface area (Å²) in [6.07, 6.45) is 6.99. The molecule has 1 aromatic rings. The fraction of sp³-hybridized carbons (Fsp3) is 0.571. The summed E-state index contributed by atoms with van der Waals surface area (Å²) >= 11 is 0. The van der Waals surface area contributed by atoms with E-state index < -0.39 is 12.1 Å². The van der Waals surface area contributed by atoms with Crippen molar-refractivity contribution in [3.63, 3.8) is 0 Å². The minimum absolute atomic E-state index is 0.0176. The number of rotatable bonds is 7. The summed E-state index contributed by atoms with van der Waals surface area (Å²) in [6, 6.07) is 6.61. The van der Waals surface area contributed by atoms with Crippen LogP contribution in [0.4, 0.5) is 5.69 Å². The van der Waals surface area contributed by atoms with Crippen LogP contribution >= 0.6 is 0 Å². The summed E-state index contributed by atoms with van der Waals surface area (Å²) in [5.74, 6) is -0.244. The molecule has 3 rings (SSSR count). The van der Waals surface area contributed by atoms with Crippen molar-refractivity contribution in [3.05, 3.63) is 29.8 Å². The fourth-order valence-corrected chi connectivity index (χ4v) is 3.38. The Morgan fingerprint density at radius 1 is 1.11 bits per heavy atom. The van der Waals surface area contributed by atoms with Crippen LogP contribution in [0.1, 0.15) is 62.2 Å². The number of anilines is 1. The zero-order valence-corrected chi connectivity index (χ0v) is 15.8. The lowest BCUT2D eigenvalue weighted by molar-refractivity contribution is -0.129. The average Bonchev–Trinajstić information content (AvgIpc) is 3.52. The summed E-state index contributed by atoms with van der Waals surface area (Å²) in [6.45, 7) is 2.22. The minimum Gasteiger partial charge on any atom is -0.449 e. The van der Waals surface area contributed by atoms with E-state index in [2.05, 4.69) is 10.6 Å². The maximum atomic E-state index is 12.3. The summed E-state index contributed by atoms with van der Waals surface area (Å²) < 4.78 is 5.29. The summed E-state index contributed by atoms with van der Waals surface area (Å²) in [4.78, 5) is 36.4. The van der Waals surface area contributed by atoms with E-state index >= 15 is 0 Å². The smallest absolute Gasteiger partial charge is 0.338 e. The van der Waals surface area contributed by atoms with E-state index in [-0.39, 0.29) is 17.7 Å². The summed E-state index contributed by atoms with van der Waals surface area (Å²) in [5.41, 5.74) is 0.881. The molecule has 1 aromatic carbocycles. The normalized spacial score (nSPS) is 18.4. The van der Waals surface area contributed by atoms with E-state index in [4.69, 9.17) is 4.74 Å². The molecule has 0 bridgehead atoms. The Kier molecular flexibility index (Phi) is 6.48. The van der Waals surface area contributed by atoms with Crippen molar-refractivity contribution in [3.8, 4) is 0 Å². The minimum atomic E-state index is -0.856. The van der Waals surface area contributed by atoms with E-state index in [1.165, 1.54) is 19.3 Å². The highest BCUT2D eigenvalue weighted by molar-refractivity contribution is 5.97. The first kappa shape index (κ1) is 19.4. The molecule has 2 aliphatic rings. The maximum absolute atomic E-state index is 12.3. The van der Waals surface area contributed by atoms with Crippen LogP contribution in [0.25, 0.3) is 0 Å². The largest absolute Gasteiger partial charge is 0.449 e. The second-order valence-electron chi connectivity index (χ2n) is 7.64. The molecule has 0 aliphatic heterocycles. The first-order valence-corrected chi connectivity index (χ1v) is 9.92. The van der Waals surface area contributed by atoms with Crippen molar-refractivity contribution in [2.45, 2.75) is 58.0 Å². The Balaban J connectivity index is 1.48. The highest BCUT2D eigenvalue weighted by Crippen LogP contribution is 2.30. The van der Waals surface area contributed by atoms with Crippen LogP contribution < -0.4 is 10.6 Å². The maximum Gasteiger partial charge on any atom is 0.338 e. The van der Waals surface area contributed by atoms with Crippen LogP contribution in [0.15, 0.2) is 24.3 Å². The third kappa shape index (κ3) is 5.81. The molecule has 2 aliphatic carbocycles. The van der Waals surface area contributed by atoms with Crippen molar-refractivity contribution in [2.24, 2.45) is 11.8 Å². The van der Waals surface area contributed by atoms with E-state index in [0.717, 1.165) is 25.7 Å². The molecule has 6 nitrogen and oxygen atoms in total. The van der Waals surface area contributed by atoms with Crippen molar-refractivity contribution in [1.82, 2.24) is 5.32 Å². The third-order valence-corrected chi connectivity index (χ3v) is 5.26. The molecule has 146 valence electrons. The molecule has 0 spiro atoms. The second kappa shape index (κ2) is 9.02. The molecule has 2 saturated carbocycles. The topological polar surface area (TPSA) is 84.5 Å². The van der Waals surface area contributed by atoms with Crippen molar-refractivity contribution in [1.29, 1.82) is 0 Å². The van der Waals surface area contributed by atoms with E-state index in [9.17, 15) is 14.4 Å². The van der Waals surface area contributed by atoms with Gasteiger partial charge in [-0.15, -0.1) is 0 Å². The number of benzene rings is 1. The van der Waals surface area contributed by atoms with Gasteiger partial charge in [0, 0.05) is 18.2 Å². The predicted octanol–water partition coefficient (Wildman–Crippen LogP) is 3.28. The van der Waals surface area contributed by atoms with Gasteiger partial charge in [0.05, 0.1) is 5.56 Å². The van der Waals surface area contributed by atoms with E-state index in [1.54, 1.807) is 31.2 Å². The molecular formula is C21H28N2O4. The molecule has 27 heavy (non-hydrogen) atoms. The molecule has 1 unspecified atom stereocenters. The lowest BCUT2D eigenvalue weighted by Crippen LogP contribution is -2.38. The fourth-order valence-electron chi connectivity index (χ4n) is 3.38. The standard InChI is InChI=1S/C21H28N2O4/c1-14(19(24)22-13-15-6-3-2-4-7-15)27-21(26)17-8-5-9-18(12-17)23-20(25)16-10-11-16/h5,8-9,12,14-16H,2-4,6-7,10-11,13H2,1H3,(H,22,24)(H,23,25). The average molecular weight is 372 g/mol. The number of ether oxygens (including phenoxy) is 1. The zero-order valence-electron chi connectivity index (χ0n) is 15.8. The predicted molar refractivity (Wildman–Crippen MR) is 102 cm³/mol. The molecule has 2 amide bonds. The van der Waals surface area contributed by atoms with E-state index in [0.29, 0.717) is 23.7 Å². The molecule has 0 radical (unpaired) electrons. The Hall–Kier alpha value is -2.37. The monoisotopic (exact) mass is 372 g/mol. The van der Waals surface area contributed by atoms with Crippen LogP contribution in [-0.4, -0.2) is 30.4 Å². The molecule has 1 atom stereocenters. The SMILES string of the molecule is CC(OC(=O)c1cccc(NC(=O)C2CC2)c1)C(=O)NCC1CCCCC1.